The Morgan fingerprint density at radius 1 is 0.545 bits per heavy atom. The van der Waals surface area contributed by atoms with Crippen molar-refractivity contribution >= 4 is 33.2 Å². The fourth-order valence-electron chi connectivity index (χ4n) is 3.54. The van der Waals surface area contributed by atoms with Crippen LogP contribution in [0, 0.1) is 0 Å². The van der Waals surface area contributed by atoms with Crippen LogP contribution >= 0.6 is 0 Å². The summed E-state index contributed by atoms with van der Waals surface area (Å²) in [5, 5.41) is 5.29. The average Bonchev–Trinajstić information content (AvgIpc) is 2.96. The monoisotopic (exact) mass is 278 g/mol. The van der Waals surface area contributed by atoms with Gasteiger partial charge in [0.1, 0.15) is 0 Å². The highest BCUT2D eigenvalue weighted by molar-refractivity contribution is 6.13. The van der Waals surface area contributed by atoms with E-state index in [2.05, 4.69) is 84.9 Å². The summed E-state index contributed by atoms with van der Waals surface area (Å²) in [6.07, 6.45) is 2.32. The minimum Gasteiger partial charge on any atom is -0.0616 e. The standard InChI is InChI=1S/C22H14/c1-2-6-17-13-18(12-11-15(17)5-1)21-14-19-9-3-7-16-8-4-10-20(21)22(16)19/h1-14H. The van der Waals surface area contributed by atoms with Crippen LogP contribution < -0.4 is 0 Å². The summed E-state index contributed by atoms with van der Waals surface area (Å²) in [5.41, 5.74) is 5.31. The van der Waals surface area contributed by atoms with Crippen LogP contribution in [0.5, 0.6) is 0 Å². The van der Waals surface area contributed by atoms with Crippen LogP contribution in [-0.2, 0) is 0 Å². The maximum absolute atomic E-state index is 2.32. The molecule has 102 valence electrons. The number of fused-ring (bicyclic) bond motifs is 1. The van der Waals surface area contributed by atoms with Crippen LogP contribution in [0.3, 0.4) is 0 Å². The van der Waals surface area contributed by atoms with E-state index in [1.807, 2.05) is 0 Å². The van der Waals surface area contributed by atoms with Crippen molar-refractivity contribution in [2.45, 2.75) is 0 Å². The number of hydrogen-bond acceptors (Lipinski definition) is 0. The van der Waals surface area contributed by atoms with Gasteiger partial charge in [-0.3, -0.25) is 0 Å². The Balaban J connectivity index is 1.78. The molecule has 0 N–H and O–H groups in total. The number of benzene rings is 4. The van der Waals surface area contributed by atoms with Crippen LogP contribution in [0.1, 0.15) is 16.7 Å². The molecule has 0 heterocycles. The van der Waals surface area contributed by atoms with Crippen LogP contribution in [0.2, 0.25) is 0 Å². The predicted octanol–water partition coefficient (Wildman–Crippen LogP) is 5.90. The highest BCUT2D eigenvalue weighted by Crippen LogP contribution is 2.40. The quantitative estimate of drug-likeness (QED) is 0.358. The van der Waals surface area contributed by atoms with Gasteiger partial charge >= 0.3 is 0 Å². The summed E-state index contributed by atoms with van der Waals surface area (Å²) in [4.78, 5) is 0. The van der Waals surface area contributed by atoms with Gasteiger partial charge in [-0.05, 0) is 56.0 Å². The summed E-state index contributed by atoms with van der Waals surface area (Å²) in [7, 11) is 0. The Morgan fingerprint density at radius 3 is 2.23 bits per heavy atom. The maximum atomic E-state index is 2.32. The predicted molar refractivity (Wildman–Crippen MR) is 94.9 cm³/mol. The van der Waals surface area contributed by atoms with E-state index in [0.29, 0.717) is 0 Å². The van der Waals surface area contributed by atoms with Crippen molar-refractivity contribution in [1.82, 2.24) is 0 Å². The molecular formula is C22H14. The second kappa shape index (κ2) is 4.32. The third kappa shape index (κ3) is 1.58. The Kier molecular flexibility index (Phi) is 2.31. The Hall–Kier alpha value is -2.86. The fourth-order valence-corrected chi connectivity index (χ4v) is 3.54. The molecule has 0 amide bonds. The molecule has 0 radical (unpaired) electrons. The lowest BCUT2D eigenvalue weighted by Crippen LogP contribution is -1.85. The summed E-state index contributed by atoms with van der Waals surface area (Å²) in [5.74, 6) is 0. The normalized spacial score (nSPS) is 12.8. The summed E-state index contributed by atoms with van der Waals surface area (Å²) in [6.45, 7) is 0. The van der Waals surface area contributed by atoms with Gasteiger partial charge in [-0.2, -0.15) is 0 Å². The van der Waals surface area contributed by atoms with Crippen molar-refractivity contribution < 1.29 is 0 Å². The Bertz CT molecular complexity index is 1060. The zero-order valence-electron chi connectivity index (χ0n) is 12.1. The van der Waals surface area contributed by atoms with Crippen molar-refractivity contribution in [2.75, 3.05) is 0 Å². The third-order valence-corrected chi connectivity index (χ3v) is 4.59. The molecule has 0 aliphatic heterocycles. The molecule has 1 aliphatic rings. The van der Waals surface area contributed by atoms with E-state index in [1.165, 1.54) is 43.8 Å². The second-order valence-corrected chi connectivity index (χ2v) is 5.87. The van der Waals surface area contributed by atoms with E-state index < -0.39 is 0 Å². The Labute approximate surface area is 129 Å². The molecule has 4 aromatic rings. The van der Waals surface area contributed by atoms with Crippen molar-refractivity contribution in [3.05, 3.63) is 95.6 Å². The van der Waals surface area contributed by atoms with E-state index in [1.54, 1.807) is 0 Å². The fraction of sp³-hybridized carbons (Fsp3) is 0. The molecule has 5 rings (SSSR count). The molecule has 0 aromatic heterocycles. The highest BCUT2D eigenvalue weighted by atomic mass is 14.2. The van der Waals surface area contributed by atoms with Crippen LogP contribution in [0.25, 0.3) is 33.2 Å². The molecule has 0 atom stereocenters. The van der Waals surface area contributed by atoms with Gasteiger partial charge in [-0.1, -0.05) is 72.8 Å². The average molecular weight is 278 g/mol. The molecule has 0 heteroatoms. The third-order valence-electron chi connectivity index (χ3n) is 4.59. The maximum Gasteiger partial charge on any atom is -0.00324 e. The van der Waals surface area contributed by atoms with Gasteiger partial charge in [0, 0.05) is 0 Å². The van der Waals surface area contributed by atoms with Crippen molar-refractivity contribution in [3.8, 4) is 0 Å². The first-order valence-corrected chi connectivity index (χ1v) is 7.63. The minimum atomic E-state index is 1.29. The lowest BCUT2D eigenvalue weighted by Gasteiger charge is -2.08. The zero-order chi connectivity index (χ0) is 14.5. The molecule has 0 saturated carbocycles. The molecule has 22 heavy (non-hydrogen) atoms. The van der Waals surface area contributed by atoms with Gasteiger partial charge in [0.25, 0.3) is 0 Å². The molecular weight excluding hydrogens is 264 g/mol. The van der Waals surface area contributed by atoms with E-state index in [0.717, 1.165) is 0 Å². The first-order chi connectivity index (χ1) is 10.9. The molecule has 4 aromatic carbocycles. The number of rotatable bonds is 1. The lowest BCUT2D eigenvalue weighted by molar-refractivity contribution is 1.64. The van der Waals surface area contributed by atoms with Gasteiger partial charge in [0.15, 0.2) is 0 Å². The van der Waals surface area contributed by atoms with Crippen LogP contribution in [0.4, 0.5) is 0 Å². The highest BCUT2D eigenvalue weighted by Gasteiger charge is 2.17. The van der Waals surface area contributed by atoms with Crippen LogP contribution in [-0.4, -0.2) is 0 Å². The van der Waals surface area contributed by atoms with Crippen molar-refractivity contribution in [1.29, 1.82) is 0 Å². The van der Waals surface area contributed by atoms with Crippen molar-refractivity contribution in [2.24, 2.45) is 0 Å². The molecule has 0 bridgehead atoms. The van der Waals surface area contributed by atoms with E-state index in [-0.39, 0.29) is 0 Å². The first kappa shape index (κ1) is 11.8. The topological polar surface area (TPSA) is 0 Å². The molecule has 0 fully saturated rings. The minimum absolute atomic E-state index is 1.29. The molecule has 0 spiro atoms. The number of hydrogen-bond donors (Lipinski definition) is 0. The van der Waals surface area contributed by atoms with Gasteiger partial charge in [-0.15, -0.1) is 0 Å². The van der Waals surface area contributed by atoms with Gasteiger partial charge in [0.05, 0.1) is 0 Å². The Morgan fingerprint density at radius 2 is 1.32 bits per heavy atom. The van der Waals surface area contributed by atoms with Crippen LogP contribution in [0.15, 0.2) is 78.9 Å². The second-order valence-electron chi connectivity index (χ2n) is 5.87. The molecule has 1 aliphatic carbocycles. The molecule has 0 saturated heterocycles. The molecule has 0 unspecified atom stereocenters. The summed E-state index contributed by atoms with van der Waals surface area (Å²) < 4.78 is 0. The largest absolute Gasteiger partial charge is 0.0616 e. The summed E-state index contributed by atoms with van der Waals surface area (Å²) >= 11 is 0. The zero-order valence-corrected chi connectivity index (χ0v) is 12.1. The van der Waals surface area contributed by atoms with Gasteiger partial charge in [-0.25, -0.2) is 0 Å². The van der Waals surface area contributed by atoms with Gasteiger partial charge < -0.3 is 0 Å². The lowest BCUT2D eigenvalue weighted by atomic mass is 9.96. The van der Waals surface area contributed by atoms with E-state index in [9.17, 15) is 0 Å². The smallest absolute Gasteiger partial charge is 0.00324 e. The SMILES string of the molecule is C1=C(c2ccc3ccccc3c2)c2cccc3cccc1c23. The van der Waals surface area contributed by atoms with Gasteiger partial charge in [0.2, 0.25) is 0 Å². The summed E-state index contributed by atoms with van der Waals surface area (Å²) in [6, 6.07) is 28.4. The first-order valence-electron chi connectivity index (χ1n) is 7.63. The van der Waals surface area contributed by atoms with E-state index >= 15 is 0 Å². The molecule has 0 nitrogen and oxygen atoms in total. The van der Waals surface area contributed by atoms with E-state index in [4.69, 9.17) is 0 Å². The van der Waals surface area contributed by atoms with Crippen molar-refractivity contribution in [3.63, 3.8) is 0 Å².